The molecular weight excluding hydrogens is 338 g/mol. The van der Waals surface area contributed by atoms with Crippen LogP contribution in [0, 0.1) is 20.8 Å². The van der Waals surface area contributed by atoms with E-state index in [-0.39, 0.29) is 5.91 Å². The molecule has 0 saturated heterocycles. The van der Waals surface area contributed by atoms with Gasteiger partial charge < -0.3 is 5.32 Å². The molecule has 0 fully saturated rings. The lowest BCUT2D eigenvalue weighted by Crippen LogP contribution is -2.14. The molecule has 0 atom stereocenters. The molecule has 3 rings (SSSR count). The summed E-state index contributed by atoms with van der Waals surface area (Å²) in [6.45, 7) is 6.08. The lowest BCUT2D eigenvalue weighted by molar-refractivity contribution is 0.102. The van der Waals surface area contributed by atoms with Crippen molar-refractivity contribution in [1.82, 2.24) is 0 Å². The first-order chi connectivity index (χ1) is 12.5. The van der Waals surface area contributed by atoms with E-state index in [0.29, 0.717) is 0 Å². The second-order valence-electron chi connectivity index (χ2n) is 6.50. The smallest absolute Gasteiger partial charge is 0.255 e. The van der Waals surface area contributed by atoms with Crippen molar-refractivity contribution in [3.05, 3.63) is 94.5 Å². The van der Waals surface area contributed by atoms with Crippen molar-refractivity contribution in [3.8, 4) is 0 Å². The van der Waals surface area contributed by atoms with Crippen molar-refractivity contribution in [2.75, 3.05) is 5.32 Å². The highest BCUT2D eigenvalue weighted by Gasteiger charge is 2.11. The van der Waals surface area contributed by atoms with Gasteiger partial charge in [0.25, 0.3) is 5.91 Å². The Labute approximate surface area is 159 Å². The number of carbonyl (C=O) groups excluding carboxylic acids is 1. The second kappa shape index (κ2) is 8.24. The molecule has 3 aromatic rings. The van der Waals surface area contributed by atoms with E-state index < -0.39 is 0 Å². The highest BCUT2D eigenvalue weighted by molar-refractivity contribution is 7.98. The molecule has 2 nitrogen and oxygen atoms in total. The maximum absolute atomic E-state index is 12.6. The Morgan fingerprint density at radius 1 is 0.846 bits per heavy atom. The van der Waals surface area contributed by atoms with Gasteiger partial charge in [0, 0.05) is 21.9 Å². The zero-order valence-corrected chi connectivity index (χ0v) is 16.2. The van der Waals surface area contributed by atoms with Crippen LogP contribution in [-0.4, -0.2) is 5.91 Å². The maximum Gasteiger partial charge on any atom is 0.255 e. The van der Waals surface area contributed by atoms with E-state index in [9.17, 15) is 4.79 Å². The summed E-state index contributed by atoms with van der Waals surface area (Å²) in [5.41, 5.74) is 6.13. The Kier molecular flexibility index (Phi) is 5.79. The molecule has 132 valence electrons. The van der Waals surface area contributed by atoms with Crippen LogP contribution in [0.25, 0.3) is 0 Å². The number of hydrogen-bond acceptors (Lipinski definition) is 2. The first-order valence-corrected chi connectivity index (χ1v) is 9.67. The van der Waals surface area contributed by atoms with Crippen LogP contribution in [0.2, 0.25) is 0 Å². The number of thioether (sulfide) groups is 1. The van der Waals surface area contributed by atoms with Crippen molar-refractivity contribution >= 4 is 23.4 Å². The van der Waals surface area contributed by atoms with Crippen LogP contribution >= 0.6 is 11.8 Å². The molecule has 0 saturated carbocycles. The Morgan fingerprint density at radius 3 is 2.19 bits per heavy atom. The largest absolute Gasteiger partial charge is 0.322 e. The summed E-state index contributed by atoms with van der Waals surface area (Å²) in [4.78, 5) is 13.8. The fraction of sp³-hybridized carbons (Fsp3) is 0.174. The number of benzene rings is 3. The highest BCUT2D eigenvalue weighted by Crippen LogP contribution is 2.23. The minimum atomic E-state index is -0.0583. The van der Waals surface area contributed by atoms with E-state index in [0.717, 1.165) is 28.1 Å². The fourth-order valence-electron chi connectivity index (χ4n) is 2.77. The zero-order valence-electron chi connectivity index (χ0n) is 15.4. The minimum Gasteiger partial charge on any atom is -0.322 e. The molecule has 0 radical (unpaired) electrons. The van der Waals surface area contributed by atoms with Crippen LogP contribution in [0.1, 0.15) is 32.6 Å². The predicted octanol–water partition coefficient (Wildman–Crippen LogP) is 6.16. The van der Waals surface area contributed by atoms with Gasteiger partial charge in [-0.15, -0.1) is 11.8 Å². The predicted molar refractivity (Wildman–Crippen MR) is 111 cm³/mol. The van der Waals surface area contributed by atoms with E-state index in [1.54, 1.807) is 0 Å². The van der Waals surface area contributed by atoms with Gasteiger partial charge in [0.15, 0.2) is 0 Å². The van der Waals surface area contributed by atoms with Crippen LogP contribution in [0.4, 0.5) is 5.69 Å². The van der Waals surface area contributed by atoms with Crippen molar-refractivity contribution in [3.63, 3.8) is 0 Å². The molecule has 3 aromatic carbocycles. The first kappa shape index (κ1) is 18.3. The zero-order chi connectivity index (χ0) is 18.5. The van der Waals surface area contributed by atoms with E-state index in [1.807, 2.05) is 49.9 Å². The van der Waals surface area contributed by atoms with Gasteiger partial charge in [-0.05, 0) is 73.4 Å². The summed E-state index contributed by atoms with van der Waals surface area (Å²) in [7, 11) is 0. The highest BCUT2D eigenvalue weighted by atomic mass is 32.2. The molecule has 0 aliphatic carbocycles. The van der Waals surface area contributed by atoms with Crippen molar-refractivity contribution in [1.29, 1.82) is 0 Å². The van der Waals surface area contributed by atoms with Crippen molar-refractivity contribution in [2.24, 2.45) is 0 Å². The number of amides is 1. The normalized spacial score (nSPS) is 10.6. The molecule has 26 heavy (non-hydrogen) atoms. The number of hydrogen-bond donors (Lipinski definition) is 1. The van der Waals surface area contributed by atoms with Gasteiger partial charge in [-0.2, -0.15) is 0 Å². The van der Waals surface area contributed by atoms with Crippen LogP contribution < -0.4 is 5.32 Å². The summed E-state index contributed by atoms with van der Waals surface area (Å²) in [6.07, 6.45) is 0. The summed E-state index contributed by atoms with van der Waals surface area (Å²) in [6, 6.07) is 22.5. The van der Waals surface area contributed by atoms with E-state index in [2.05, 4.69) is 54.7 Å². The Bertz CT molecular complexity index is 901. The third kappa shape index (κ3) is 4.55. The van der Waals surface area contributed by atoms with Gasteiger partial charge in [0.2, 0.25) is 0 Å². The van der Waals surface area contributed by atoms with Crippen LogP contribution in [-0.2, 0) is 5.75 Å². The summed E-state index contributed by atoms with van der Waals surface area (Å²) >= 11 is 1.81. The topological polar surface area (TPSA) is 29.1 Å². The summed E-state index contributed by atoms with van der Waals surface area (Å²) in [5.74, 6) is 0.853. The van der Waals surface area contributed by atoms with Crippen molar-refractivity contribution < 1.29 is 4.79 Å². The van der Waals surface area contributed by atoms with Gasteiger partial charge in [0.05, 0.1) is 0 Å². The van der Waals surface area contributed by atoms with Crippen LogP contribution in [0.5, 0.6) is 0 Å². The molecule has 0 aliphatic rings. The quantitative estimate of drug-likeness (QED) is 0.552. The summed E-state index contributed by atoms with van der Waals surface area (Å²) < 4.78 is 0. The van der Waals surface area contributed by atoms with E-state index in [4.69, 9.17) is 0 Å². The Hall–Kier alpha value is -2.52. The fourth-order valence-corrected chi connectivity index (χ4v) is 3.65. The SMILES string of the molecule is Cc1cc(C)c(C(=O)Nc2ccc(CSc3ccccc3)cc2)cc1C. The standard InChI is InChI=1S/C23H23NOS/c1-16-13-18(3)22(14-17(16)2)23(25)24-20-11-9-19(10-12-20)15-26-21-7-5-4-6-8-21/h4-14H,15H2,1-3H3,(H,24,25). The third-order valence-corrected chi connectivity index (χ3v) is 5.53. The number of rotatable bonds is 5. The molecule has 0 unspecified atom stereocenters. The minimum absolute atomic E-state index is 0.0583. The summed E-state index contributed by atoms with van der Waals surface area (Å²) in [5, 5.41) is 3.00. The number of anilines is 1. The van der Waals surface area contributed by atoms with Gasteiger partial charge in [-0.25, -0.2) is 0 Å². The number of nitrogens with one attached hydrogen (secondary N) is 1. The van der Waals surface area contributed by atoms with Crippen LogP contribution in [0.3, 0.4) is 0 Å². The molecule has 0 bridgehead atoms. The van der Waals surface area contributed by atoms with Crippen LogP contribution in [0.15, 0.2) is 71.6 Å². The lowest BCUT2D eigenvalue weighted by atomic mass is 10.0. The molecular formula is C23H23NOS. The van der Waals surface area contributed by atoms with Gasteiger partial charge in [-0.3, -0.25) is 4.79 Å². The van der Waals surface area contributed by atoms with Gasteiger partial charge in [-0.1, -0.05) is 36.4 Å². The first-order valence-electron chi connectivity index (χ1n) is 8.69. The molecule has 3 heteroatoms. The molecule has 0 heterocycles. The second-order valence-corrected chi connectivity index (χ2v) is 7.55. The van der Waals surface area contributed by atoms with Gasteiger partial charge in [0.1, 0.15) is 0 Å². The van der Waals surface area contributed by atoms with Gasteiger partial charge >= 0.3 is 0 Å². The van der Waals surface area contributed by atoms with E-state index >= 15 is 0 Å². The average Bonchev–Trinajstić information content (AvgIpc) is 2.65. The monoisotopic (exact) mass is 361 g/mol. The maximum atomic E-state index is 12.6. The molecule has 0 aliphatic heterocycles. The number of carbonyl (C=O) groups is 1. The average molecular weight is 362 g/mol. The molecule has 1 N–H and O–H groups in total. The van der Waals surface area contributed by atoms with E-state index in [1.165, 1.54) is 16.0 Å². The molecule has 0 spiro atoms. The third-order valence-electron chi connectivity index (χ3n) is 4.45. The molecule has 1 amide bonds. The number of aryl methyl sites for hydroxylation is 3. The lowest BCUT2D eigenvalue weighted by Gasteiger charge is -2.11. The Morgan fingerprint density at radius 2 is 1.50 bits per heavy atom. The van der Waals surface area contributed by atoms with Crippen molar-refractivity contribution in [2.45, 2.75) is 31.4 Å². The molecule has 0 aromatic heterocycles. The Balaban J connectivity index is 1.64.